The Kier molecular flexibility index (Phi) is 4.66. The maximum atomic E-state index is 12.4. The van der Waals surface area contributed by atoms with Crippen LogP contribution in [0.25, 0.3) is 0 Å². The molecule has 1 amide bonds. The fourth-order valence-corrected chi connectivity index (χ4v) is 2.93. The molecule has 0 spiro atoms. The number of aromatic nitrogens is 1. The summed E-state index contributed by atoms with van der Waals surface area (Å²) in [5.74, 6) is 0.0436. The van der Waals surface area contributed by atoms with Crippen LogP contribution >= 0.6 is 11.6 Å². The van der Waals surface area contributed by atoms with E-state index in [9.17, 15) is 9.90 Å². The number of hydrogen-bond acceptors (Lipinski definition) is 3. The van der Waals surface area contributed by atoms with Gasteiger partial charge in [0.05, 0.1) is 12.5 Å². The number of halogens is 1. The number of carbonyl (C=O) groups is 1. The summed E-state index contributed by atoms with van der Waals surface area (Å²) in [5, 5.41) is 10.3. The highest BCUT2D eigenvalue weighted by Gasteiger charge is 2.31. The molecule has 110 valence electrons. The first-order valence-corrected chi connectivity index (χ1v) is 7.30. The molecular formula is C15H21ClN2O2. The predicted molar refractivity (Wildman–Crippen MR) is 78.6 cm³/mol. The Balaban J connectivity index is 2.07. The lowest BCUT2D eigenvalue weighted by Gasteiger charge is -2.29. The molecule has 0 aromatic carbocycles. The van der Waals surface area contributed by atoms with Gasteiger partial charge in [0.2, 0.25) is 5.91 Å². The summed E-state index contributed by atoms with van der Waals surface area (Å²) in [4.78, 5) is 18.2. The van der Waals surface area contributed by atoms with E-state index < -0.39 is 0 Å². The van der Waals surface area contributed by atoms with Crippen molar-refractivity contribution in [1.29, 1.82) is 0 Å². The molecule has 1 unspecified atom stereocenters. The number of hydrogen-bond donors (Lipinski definition) is 1. The standard InChI is InChI=1S/C15H21ClN2O2/c1-15(2)9-12(19)5-7-18(10-15)13(20)8-11-4-3-6-17-14(11)16/h3-4,6,12,19H,5,7-10H2,1-2H3. The van der Waals surface area contributed by atoms with Crippen LogP contribution in [0.5, 0.6) is 0 Å². The summed E-state index contributed by atoms with van der Waals surface area (Å²) in [6.45, 7) is 5.43. The molecule has 0 saturated carbocycles. The molecule has 1 fully saturated rings. The van der Waals surface area contributed by atoms with Crippen molar-refractivity contribution in [2.24, 2.45) is 5.41 Å². The number of likely N-dealkylation sites (tertiary alicyclic amines) is 1. The van der Waals surface area contributed by atoms with Crippen molar-refractivity contribution < 1.29 is 9.90 Å². The molecule has 1 saturated heterocycles. The van der Waals surface area contributed by atoms with Gasteiger partial charge >= 0.3 is 0 Å². The third-order valence-corrected chi connectivity index (χ3v) is 4.01. The summed E-state index contributed by atoms with van der Waals surface area (Å²) in [5.41, 5.74) is 0.686. The Morgan fingerprint density at radius 3 is 3.05 bits per heavy atom. The highest BCUT2D eigenvalue weighted by Crippen LogP contribution is 2.28. The van der Waals surface area contributed by atoms with E-state index in [2.05, 4.69) is 18.8 Å². The summed E-state index contributed by atoms with van der Waals surface area (Å²) in [6.07, 6.45) is 2.91. The molecule has 2 rings (SSSR count). The van der Waals surface area contributed by atoms with Crippen LogP contribution in [0.1, 0.15) is 32.3 Å². The minimum absolute atomic E-state index is 0.0436. The van der Waals surface area contributed by atoms with E-state index in [0.29, 0.717) is 24.7 Å². The lowest BCUT2D eigenvalue weighted by molar-refractivity contribution is -0.131. The average molecular weight is 297 g/mol. The summed E-state index contributed by atoms with van der Waals surface area (Å²) >= 11 is 6.00. The first kappa shape index (κ1) is 15.3. The molecule has 4 nitrogen and oxygen atoms in total. The van der Waals surface area contributed by atoms with E-state index in [-0.39, 0.29) is 23.8 Å². The number of rotatable bonds is 2. The van der Waals surface area contributed by atoms with E-state index >= 15 is 0 Å². The molecule has 1 aliphatic heterocycles. The lowest BCUT2D eigenvalue weighted by Crippen LogP contribution is -2.38. The van der Waals surface area contributed by atoms with Crippen LogP contribution in [0.2, 0.25) is 5.15 Å². The smallest absolute Gasteiger partial charge is 0.227 e. The topological polar surface area (TPSA) is 53.4 Å². The van der Waals surface area contributed by atoms with Gasteiger partial charge in [0.25, 0.3) is 0 Å². The molecule has 0 bridgehead atoms. The molecular weight excluding hydrogens is 276 g/mol. The maximum absolute atomic E-state index is 12.4. The zero-order valence-electron chi connectivity index (χ0n) is 12.0. The quantitative estimate of drug-likeness (QED) is 0.852. The third-order valence-electron chi connectivity index (χ3n) is 3.67. The summed E-state index contributed by atoms with van der Waals surface area (Å²) < 4.78 is 0. The van der Waals surface area contributed by atoms with Crippen LogP contribution in [0, 0.1) is 5.41 Å². The molecule has 1 atom stereocenters. The number of carbonyl (C=O) groups excluding carboxylic acids is 1. The van der Waals surface area contributed by atoms with Crippen LogP contribution in [0.4, 0.5) is 0 Å². The van der Waals surface area contributed by atoms with E-state index in [1.807, 2.05) is 11.0 Å². The van der Waals surface area contributed by atoms with Gasteiger partial charge in [-0.1, -0.05) is 31.5 Å². The van der Waals surface area contributed by atoms with Crippen LogP contribution in [-0.2, 0) is 11.2 Å². The molecule has 0 aliphatic carbocycles. The zero-order chi connectivity index (χ0) is 14.8. The molecule has 0 radical (unpaired) electrons. The largest absolute Gasteiger partial charge is 0.393 e. The second-order valence-corrected chi connectivity index (χ2v) is 6.61. The fourth-order valence-electron chi connectivity index (χ4n) is 2.74. The number of aliphatic hydroxyl groups excluding tert-OH is 1. The molecule has 5 heteroatoms. The first-order chi connectivity index (χ1) is 9.37. The van der Waals surface area contributed by atoms with Crippen molar-refractivity contribution in [3.05, 3.63) is 29.0 Å². The second-order valence-electron chi connectivity index (χ2n) is 6.26. The molecule has 1 aromatic rings. The fraction of sp³-hybridized carbons (Fsp3) is 0.600. The van der Waals surface area contributed by atoms with Gasteiger partial charge in [-0.15, -0.1) is 0 Å². The molecule has 1 N–H and O–H groups in total. The normalized spacial score (nSPS) is 22.4. The van der Waals surface area contributed by atoms with Crippen LogP contribution in [0.15, 0.2) is 18.3 Å². The lowest BCUT2D eigenvalue weighted by atomic mass is 9.87. The van der Waals surface area contributed by atoms with Gasteiger partial charge in [0, 0.05) is 19.3 Å². The predicted octanol–water partition coefficient (Wildman–Crippen LogP) is 2.29. The van der Waals surface area contributed by atoms with Crippen molar-refractivity contribution in [3.63, 3.8) is 0 Å². The molecule has 1 aromatic heterocycles. The zero-order valence-corrected chi connectivity index (χ0v) is 12.7. The van der Waals surface area contributed by atoms with Crippen molar-refractivity contribution in [2.75, 3.05) is 13.1 Å². The Hall–Kier alpha value is -1.13. The summed E-state index contributed by atoms with van der Waals surface area (Å²) in [6, 6.07) is 3.61. The SMILES string of the molecule is CC1(C)CC(O)CCN(C(=O)Cc2cccnc2Cl)C1. The van der Waals surface area contributed by atoms with Gasteiger partial charge in [0.1, 0.15) is 5.15 Å². The monoisotopic (exact) mass is 296 g/mol. The average Bonchev–Trinajstić information content (AvgIpc) is 2.49. The van der Waals surface area contributed by atoms with Gasteiger partial charge < -0.3 is 10.0 Å². The van der Waals surface area contributed by atoms with E-state index in [0.717, 1.165) is 12.0 Å². The minimum atomic E-state index is -0.329. The number of pyridine rings is 1. The molecule has 1 aliphatic rings. The molecule has 2 heterocycles. The minimum Gasteiger partial charge on any atom is -0.393 e. The Labute approximate surface area is 124 Å². The van der Waals surface area contributed by atoms with Gasteiger partial charge in [-0.05, 0) is 29.9 Å². The Morgan fingerprint density at radius 2 is 2.35 bits per heavy atom. The van der Waals surface area contributed by atoms with Crippen LogP contribution in [0.3, 0.4) is 0 Å². The van der Waals surface area contributed by atoms with Crippen LogP contribution in [-0.4, -0.2) is 40.1 Å². The Morgan fingerprint density at radius 1 is 1.60 bits per heavy atom. The highest BCUT2D eigenvalue weighted by atomic mass is 35.5. The van der Waals surface area contributed by atoms with Gasteiger partial charge in [-0.3, -0.25) is 4.79 Å². The van der Waals surface area contributed by atoms with Crippen molar-refractivity contribution in [3.8, 4) is 0 Å². The summed E-state index contributed by atoms with van der Waals surface area (Å²) in [7, 11) is 0. The first-order valence-electron chi connectivity index (χ1n) is 6.93. The van der Waals surface area contributed by atoms with Crippen molar-refractivity contribution in [1.82, 2.24) is 9.88 Å². The highest BCUT2D eigenvalue weighted by molar-refractivity contribution is 6.30. The Bertz CT molecular complexity index is 491. The molecule has 20 heavy (non-hydrogen) atoms. The number of aliphatic hydroxyl groups is 1. The van der Waals surface area contributed by atoms with Gasteiger partial charge in [-0.25, -0.2) is 4.98 Å². The van der Waals surface area contributed by atoms with E-state index in [1.54, 1.807) is 12.3 Å². The van der Waals surface area contributed by atoms with Crippen molar-refractivity contribution in [2.45, 2.75) is 39.2 Å². The van der Waals surface area contributed by atoms with Gasteiger partial charge in [0.15, 0.2) is 0 Å². The van der Waals surface area contributed by atoms with E-state index in [4.69, 9.17) is 11.6 Å². The maximum Gasteiger partial charge on any atom is 0.227 e. The van der Waals surface area contributed by atoms with Crippen LogP contribution < -0.4 is 0 Å². The third kappa shape index (κ3) is 3.93. The number of nitrogens with zero attached hydrogens (tertiary/aromatic N) is 2. The second kappa shape index (κ2) is 6.10. The van der Waals surface area contributed by atoms with E-state index in [1.165, 1.54) is 0 Å². The van der Waals surface area contributed by atoms with Gasteiger partial charge in [-0.2, -0.15) is 0 Å². The van der Waals surface area contributed by atoms with Crippen molar-refractivity contribution >= 4 is 17.5 Å². The number of amides is 1.